The second-order valence-corrected chi connectivity index (χ2v) is 7.56. The lowest BCUT2D eigenvalue weighted by Crippen LogP contribution is -2.44. The summed E-state index contributed by atoms with van der Waals surface area (Å²) in [6.07, 6.45) is 3.48. The molecule has 3 heterocycles. The Morgan fingerprint density at radius 3 is 2.74 bits per heavy atom. The van der Waals surface area contributed by atoms with Crippen LogP contribution in [0.2, 0.25) is 0 Å². The number of aromatic nitrogens is 4. The molecule has 0 unspecified atom stereocenters. The van der Waals surface area contributed by atoms with E-state index in [2.05, 4.69) is 25.5 Å². The van der Waals surface area contributed by atoms with Gasteiger partial charge in [0, 0.05) is 44.0 Å². The van der Waals surface area contributed by atoms with Gasteiger partial charge in [0.2, 0.25) is 0 Å². The summed E-state index contributed by atoms with van der Waals surface area (Å²) in [4.78, 5) is 30.0. The fourth-order valence-corrected chi connectivity index (χ4v) is 3.73. The second-order valence-electron chi connectivity index (χ2n) is 7.56. The molecule has 0 atom stereocenters. The Balaban J connectivity index is 1.37. The first kappa shape index (κ1) is 20.6. The van der Waals surface area contributed by atoms with Gasteiger partial charge in [-0.1, -0.05) is 17.3 Å². The van der Waals surface area contributed by atoms with Gasteiger partial charge in [-0.3, -0.25) is 24.8 Å². The monoisotopic (exact) mass is 421 g/mol. The van der Waals surface area contributed by atoms with E-state index in [1.807, 2.05) is 18.2 Å². The first-order valence-electron chi connectivity index (χ1n) is 10.1. The first-order valence-corrected chi connectivity index (χ1v) is 10.1. The number of pyridine rings is 1. The topological polar surface area (TPSA) is 119 Å². The van der Waals surface area contributed by atoms with Crippen molar-refractivity contribution in [1.82, 2.24) is 30.2 Å². The van der Waals surface area contributed by atoms with Gasteiger partial charge in [0.1, 0.15) is 0 Å². The number of hydrogen-bond acceptors (Lipinski definition) is 7. The summed E-state index contributed by atoms with van der Waals surface area (Å²) in [5.74, 6) is -0.280. The molecule has 160 valence electrons. The van der Waals surface area contributed by atoms with Crippen molar-refractivity contribution in [2.75, 3.05) is 13.1 Å². The number of nitrogens with one attached hydrogen (secondary N) is 1. The summed E-state index contributed by atoms with van der Waals surface area (Å²) < 4.78 is 1.44. The van der Waals surface area contributed by atoms with Crippen LogP contribution in [-0.2, 0) is 6.54 Å². The van der Waals surface area contributed by atoms with E-state index in [1.165, 1.54) is 16.8 Å². The van der Waals surface area contributed by atoms with E-state index in [0.29, 0.717) is 11.4 Å². The van der Waals surface area contributed by atoms with Gasteiger partial charge in [-0.15, -0.1) is 5.10 Å². The predicted octanol–water partition coefficient (Wildman–Crippen LogP) is 2.27. The van der Waals surface area contributed by atoms with Crippen LogP contribution in [0.1, 0.15) is 34.7 Å². The highest BCUT2D eigenvalue weighted by atomic mass is 16.6. The lowest BCUT2D eigenvalue weighted by molar-refractivity contribution is -0.384. The zero-order valence-electron chi connectivity index (χ0n) is 17.1. The predicted molar refractivity (Wildman–Crippen MR) is 113 cm³/mol. The van der Waals surface area contributed by atoms with Crippen molar-refractivity contribution in [2.24, 2.45) is 0 Å². The largest absolute Gasteiger partial charge is 0.348 e. The third kappa shape index (κ3) is 4.75. The Morgan fingerprint density at radius 1 is 1.23 bits per heavy atom. The summed E-state index contributed by atoms with van der Waals surface area (Å²) in [6.45, 7) is 4.28. The maximum atomic E-state index is 12.8. The van der Waals surface area contributed by atoms with Gasteiger partial charge in [-0.05, 0) is 38.0 Å². The standard InChI is InChI=1S/C21H23N7O3/c1-15-20(24-25-27(15)18-6-4-7-19(13-18)28(30)31)21(29)23-16-8-11-26(12-9-16)14-17-5-2-3-10-22-17/h2-7,10,13,16H,8-9,11-12,14H2,1H3,(H,23,29). The number of hydrogen-bond donors (Lipinski definition) is 1. The van der Waals surface area contributed by atoms with E-state index < -0.39 is 4.92 Å². The zero-order valence-corrected chi connectivity index (χ0v) is 17.1. The number of piperidine rings is 1. The van der Waals surface area contributed by atoms with Crippen molar-refractivity contribution in [1.29, 1.82) is 0 Å². The Morgan fingerprint density at radius 2 is 2.03 bits per heavy atom. The Labute approximate surface area is 179 Å². The zero-order chi connectivity index (χ0) is 21.8. The number of benzene rings is 1. The smallest absolute Gasteiger partial charge is 0.273 e. The normalized spacial score (nSPS) is 15.0. The molecule has 0 radical (unpaired) electrons. The van der Waals surface area contributed by atoms with E-state index >= 15 is 0 Å². The minimum atomic E-state index is -0.469. The number of rotatable bonds is 6. The molecule has 10 nitrogen and oxygen atoms in total. The van der Waals surface area contributed by atoms with Gasteiger partial charge < -0.3 is 5.32 Å². The molecule has 0 aliphatic carbocycles. The van der Waals surface area contributed by atoms with Gasteiger partial charge >= 0.3 is 0 Å². The van der Waals surface area contributed by atoms with Crippen molar-refractivity contribution in [3.05, 3.63) is 75.9 Å². The van der Waals surface area contributed by atoms with Crippen LogP contribution in [-0.4, -0.2) is 54.8 Å². The number of carbonyl (C=O) groups is 1. The molecule has 1 amide bonds. The molecular weight excluding hydrogens is 398 g/mol. The average molecular weight is 421 g/mol. The molecule has 0 saturated carbocycles. The summed E-state index contributed by atoms with van der Waals surface area (Å²) in [6, 6.07) is 12.0. The quantitative estimate of drug-likeness (QED) is 0.479. The van der Waals surface area contributed by atoms with Crippen molar-refractivity contribution in [2.45, 2.75) is 32.4 Å². The number of amides is 1. The Bertz CT molecular complexity index is 1080. The second kappa shape index (κ2) is 9.00. The summed E-state index contributed by atoms with van der Waals surface area (Å²) in [5, 5.41) is 22.1. The molecule has 1 fully saturated rings. The molecule has 0 bridgehead atoms. The fraction of sp³-hybridized carbons (Fsp3) is 0.333. The summed E-state index contributed by atoms with van der Waals surface area (Å²) >= 11 is 0. The van der Waals surface area contributed by atoms with Crippen LogP contribution in [0, 0.1) is 17.0 Å². The molecule has 1 N–H and O–H groups in total. The van der Waals surface area contributed by atoms with Crippen LogP contribution in [0.25, 0.3) is 5.69 Å². The van der Waals surface area contributed by atoms with Crippen molar-refractivity contribution >= 4 is 11.6 Å². The van der Waals surface area contributed by atoms with E-state index in [9.17, 15) is 14.9 Å². The van der Waals surface area contributed by atoms with Crippen LogP contribution in [0.3, 0.4) is 0 Å². The van der Waals surface area contributed by atoms with Crippen LogP contribution in [0.4, 0.5) is 5.69 Å². The molecule has 10 heteroatoms. The minimum Gasteiger partial charge on any atom is -0.348 e. The van der Waals surface area contributed by atoms with Crippen LogP contribution < -0.4 is 5.32 Å². The highest BCUT2D eigenvalue weighted by molar-refractivity contribution is 5.93. The van der Waals surface area contributed by atoms with E-state index in [0.717, 1.165) is 38.2 Å². The number of nitro groups is 1. The minimum absolute atomic E-state index is 0.0455. The number of nitrogens with zero attached hydrogens (tertiary/aromatic N) is 6. The van der Waals surface area contributed by atoms with Crippen molar-refractivity contribution < 1.29 is 9.72 Å². The highest BCUT2D eigenvalue weighted by Gasteiger charge is 2.24. The molecular formula is C21H23N7O3. The van der Waals surface area contributed by atoms with Crippen molar-refractivity contribution in [3.8, 4) is 5.69 Å². The number of carbonyl (C=O) groups excluding carboxylic acids is 1. The molecule has 1 aromatic carbocycles. The van der Waals surface area contributed by atoms with Crippen LogP contribution >= 0.6 is 0 Å². The maximum Gasteiger partial charge on any atom is 0.273 e. The third-order valence-electron chi connectivity index (χ3n) is 5.43. The van der Waals surface area contributed by atoms with E-state index in [4.69, 9.17) is 0 Å². The Kier molecular flexibility index (Phi) is 5.99. The average Bonchev–Trinajstić information content (AvgIpc) is 3.17. The van der Waals surface area contributed by atoms with Gasteiger partial charge in [-0.25, -0.2) is 4.68 Å². The first-order chi connectivity index (χ1) is 15.0. The Hall–Kier alpha value is -3.66. The number of non-ortho nitro benzene ring substituents is 1. The van der Waals surface area contributed by atoms with E-state index in [-0.39, 0.29) is 23.3 Å². The van der Waals surface area contributed by atoms with Crippen molar-refractivity contribution in [3.63, 3.8) is 0 Å². The van der Waals surface area contributed by atoms with Crippen LogP contribution in [0.15, 0.2) is 48.7 Å². The van der Waals surface area contributed by atoms with E-state index in [1.54, 1.807) is 25.3 Å². The van der Waals surface area contributed by atoms with Gasteiger partial charge in [0.05, 0.1) is 22.0 Å². The number of nitro benzene ring substituents is 1. The van der Waals surface area contributed by atoms with Gasteiger partial charge in [0.25, 0.3) is 11.6 Å². The SMILES string of the molecule is Cc1c(C(=O)NC2CCN(Cc3ccccn3)CC2)nnn1-c1cccc([N+](=O)[O-])c1. The molecule has 3 aromatic rings. The van der Waals surface area contributed by atoms with Gasteiger partial charge in [0.15, 0.2) is 5.69 Å². The molecule has 31 heavy (non-hydrogen) atoms. The lowest BCUT2D eigenvalue weighted by atomic mass is 10.0. The van der Waals surface area contributed by atoms with Gasteiger partial charge in [-0.2, -0.15) is 0 Å². The summed E-state index contributed by atoms with van der Waals surface area (Å²) in [7, 11) is 0. The molecule has 1 saturated heterocycles. The number of likely N-dealkylation sites (tertiary alicyclic amines) is 1. The molecule has 4 rings (SSSR count). The highest BCUT2D eigenvalue weighted by Crippen LogP contribution is 2.19. The maximum absolute atomic E-state index is 12.8. The van der Waals surface area contributed by atoms with Crippen LogP contribution in [0.5, 0.6) is 0 Å². The lowest BCUT2D eigenvalue weighted by Gasteiger charge is -2.31. The molecule has 1 aliphatic rings. The third-order valence-corrected chi connectivity index (χ3v) is 5.43. The molecule has 1 aliphatic heterocycles. The molecule has 0 spiro atoms. The fourth-order valence-electron chi connectivity index (χ4n) is 3.73. The molecule has 2 aromatic heterocycles. The summed E-state index contributed by atoms with van der Waals surface area (Å²) in [5.41, 5.74) is 2.24.